The number of nitriles is 1. The molecular weight excluding hydrogens is 298 g/mol. The lowest BCUT2D eigenvalue weighted by Crippen LogP contribution is -2.36. The van der Waals surface area contributed by atoms with Crippen molar-refractivity contribution in [2.75, 3.05) is 25.0 Å². The van der Waals surface area contributed by atoms with Gasteiger partial charge in [-0.25, -0.2) is 0 Å². The number of hydrogen-bond acceptors (Lipinski definition) is 3. The Kier molecular flexibility index (Phi) is 5.05. The number of anilines is 1. The fourth-order valence-corrected chi connectivity index (χ4v) is 2.80. The number of hydrogen-bond donors (Lipinski definition) is 1. The van der Waals surface area contributed by atoms with E-state index in [0.29, 0.717) is 12.1 Å². The largest absolute Gasteiger partial charge is 0.325 e. The summed E-state index contributed by atoms with van der Waals surface area (Å²) in [5, 5.41) is 11.7. The Balaban J connectivity index is 1.53. The summed E-state index contributed by atoms with van der Waals surface area (Å²) in [6.45, 7) is 2.03. The van der Waals surface area contributed by atoms with Crippen LogP contribution in [0, 0.1) is 11.3 Å². The molecule has 2 aromatic rings. The Morgan fingerprint density at radius 2 is 1.88 bits per heavy atom. The predicted molar refractivity (Wildman–Crippen MR) is 95.3 cm³/mol. The number of carbonyl (C=O) groups is 1. The van der Waals surface area contributed by atoms with Crippen LogP contribution < -0.4 is 5.32 Å². The molecule has 4 nitrogen and oxygen atoms in total. The summed E-state index contributed by atoms with van der Waals surface area (Å²) in [7, 11) is 0. The number of amides is 1. The molecule has 0 atom stereocenters. The Hall–Kier alpha value is -2.90. The number of nitrogens with zero attached hydrogens (tertiary/aromatic N) is 2. The molecule has 1 amide bonds. The van der Waals surface area contributed by atoms with E-state index in [1.807, 2.05) is 18.2 Å². The van der Waals surface area contributed by atoms with Gasteiger partial charge in [0.15, 0.2) is 0 Å². The van der Waals surface area contributed by atoms with Gasteiger partial charge in [0, 0.05) is 18.8 Å². The number of carbonyl (C=O) groups excluding carboxylic acids is 1. The zero-order valence-electron chi connectivity index (χ0n) is 13.4. The maximum Gasteiger partial charge on any atom is 0.238 e. The third-order valence-corrected chi connectivity index (χ3v) is 4.10. The van der Waals surface area contributed by atoms with Crippen LogP contribution in [-0.4, -0.2) is 30.4 Å². The average molecular weight is 317 g/mol. The van der Waals surface area contributed by atoms with Crippen molar-refractivity contribution in [3.63, 3.8) is 0 Å². The van der Waals surface area contributed by atoms with Crippen LogP contribution in [0.2, 0.25) is 0 Å². The first-order valence-corrected chi connectivity index (χ1v) is 8.01. The molecule has 0 bridgehead atoms. The topological polar surface area (TPSA) is 56.1 Å². The highest BCUT2D eigenvalue weighted by Gasteiger charge is 2.15. The van der Waals surface area contributed by atoms with Crippen LogP contribution in [0.4, 0.5) is 5.69 Å². The first-order valence-electron chi connectivity index (χ1n) is 8.01. The highest BCUT2D eigenvalue weighted by Crippen LogP contribution is 2.21. The summed E-state index contributed by atoms with van der Waals surface area (Å²) < 4.78 is 0. The van der Waals surface area contributed by atoms with Crippen LogP contribution >= 0.6 is 0 Å². The first-order chi connectivity index (χ1) is 11.7. The van der Waals surface area contributed by atoms with Gasteiger partial charge < -0.3 is 5.32 Å². The lowest BCUT2D eigenvalue weighted by atomic mass is 10.00. The van der Waals surface area contributed by atoms with Gasteiger partial charge in [0.05, 0.1) is 18.2 Å². The molecule has 120 valence electrons. The van der Waals surface area contributed by atoms with E-state index in [-0.39, 0.29) is 5.91 Å². The van der Waals surface area contributed by atoms with Gasteiger partial charge in [0.1, 0.15) is 0 Å². The molecule has 1 N–H and O–H groups in total. The van der Waals surface area contributed by atoms with E-state index in [1.54, 1.807) is 24.3 Å². The minimum Gasteiger partial charge on any atom is -0.325 e. The Morgan fingerprint density at radius 1 is 1.12 bits per heavy atom. The van der Waals surface area contributed by atoms with Gasteiger partial charge in [-0.1, -0.05) is 36.4 Å². The van der Waals surface area contributed by atoms with Crippen molar-refractivity contribution in [2.45, 2.75) is 6.42 Å². The van der Waals surface area contributed by atoms with E-state index in [1.165, 1.54) is 11.1 Å². The van der Waals surface area contributed by atoms with E-state index in [9.17, 15) is 4.79 Å². The van der Waals surface area contributed by atoms with E-state index in [2.05, 4.69) is 34.5 Å². The summed E-state index contributed by atoms with van der Waals surface area (Å²) in [5.74, 6) is -0.0312. The van der Waals surface area contributed by atoms with Crippen molar-refractivity contribution in [3.05, 3.63) is 71.8 Å². The highest BCUT2D eigenvalue weighted by atomic mass is 16.2. The number of rotatable bonds is 4. The monoisotopic (exact) mass is 317 g/mol. The third kappa shape index (κ3) is 4.09. The second-order valence-electron chi connectivity index (χ2n) is 5.82. The van der Waals surface area contributed by atoms with E-state index >= 15 is 0 Å². The summed E-state index contributed by atoms with van der Waals surface area (Å²) in [6.07, 6.45) is 3.15. The van der Waals surface area contributed by atoms with Crippen molar-refractivity contribution >= 4 is 17.2 Å². The molecule has 1 aliphatic rings. The summed E-state index contributed by atoms with van der Waals surface area (Å²) in [6, 6.07) is 19.3. The van der Waals surface area contributed by atoms with Crippen molar-refractivity contribution in [3.8, 4) is 6.07 Å². The minimum atomic E-state index is -0.0312. The van der Waals surface area contributed by atoms with E-state index in [0.717, 1.165) is 25.2 Å². The van der Waals surface area contributed by atoms with Gasteiger partial charge >= 0.3 is 0 Å². The summed E-state index contributed by atoms with van der Waals surface area (Å²) in [4.78, 5) is 14.3. The van der Waals surface area contributed by atoms with Crippen LogP contribution in [0.5, 0.6) is 0 Å². The molecule has 0 saturated heterocycles. The fraction of sp³-hybridized carbons (Fsp3) is 0.200. The molecule has 24 heavy (non-hydrogen) atoms. The predicted octanol–water partition coefficient (Wildman–Crippen LogP) is 3.29. The molecular formula is C20H19N3O. The van der Waals surface area contributed by atoms with Crippen molar-refractivity contribution in [1.82, 2.24) is 4.90 Å². The van der Waals surface area contributed by atoms with Gasteiger partial charge in [-0.05, 0) is 41.8 Å². The minimum absolute atomic E-state index is 0.0312. The molecule has 1 aliphatic heterocycles. The quantitative estimate of drug-likeness (QED) is 0.941. The molecule has 1 heterocycles. The van der Waals surface area contributed by atoms with Crippen molar-refractivity contribution < 1.29 is 4.79 Å². The maximum absolute atomic E-state index is 12.1. The second-order valence-corrected chi connectivity index (χ2v) is 5.82. The molecule has 0 aliphatic carbocycles. The smallest absolute Gasteiger partial charge is 0.238 e. The third-order valence-electron chi connectivity index (χ3n) is 4.10. The van der Waals surface area contributed by atoms with Gasteiger partial charge in [-0.2, -0.15) is 5.26 Å². The van der Waals surface area contributed by atoms with Crippen LogP contribution in [-0.2, 0) is 4.79 Å². The average Bonchev–Trinajstić information content (AvgIpc) is 2.64. The molecule has 4 heteroatoms. The molecule has 0 unspecified atom stereocenters. The lowest BCUT2D eigenvalue weighted by Gasteiger charge is -2.25. The van der Waals surface area contributed by atoms with Gasteiger partial charge in [0.25, 0.3) is 0 Å². The number of benzene rings is 2. The first kappa shape index (κ1) is 16.0. The Labute approximate surface area is 142 Å². The number of nitrogens with one attached hydrogen (secondary N) is 1. The molecule has 0 aromatic heterocycles. The SMILES string of the molecule is N#Cc1ccc(NC(=O)CN2CC=C(c3ccccc3)CC2)cc1. The molecule has 0 radical (unpaired) electrons. The normalized spacial score (nSPS) is 14.5. The van der Waals surface area contributed by atoms with Crippen LogP contribution in [0.15, 0.2) is 60.7 Å². The van der Waals surface area contributed by atoms with Crippen LogP contribution in [0.1, 0.15) is 17.5 Å². The molecule has 0 fully saturated rings. The lowest BCUT2D eigenvalue weighted by molar-refractivity contribution is -0.117. The standard InChI is InChI=1S/C20H19N3O/c21-14-16-6-8-19(9-7-16)22-20(24)15-23-12-10-18(11-13-23)17-4-2-1-3-5-17/h1-10H,11-13,15H2,(H,22,24). The highest BCUT2D eigenvalue weighted by molar-refractivity contribution is 5.92. The Morgan fingerprint density at radius 3 is 2.50 bits per heavy atom. The second kappa shape index (κ2) is 7.58. The molecule has 0 spiro atoms. The molecule has 2 aromatic carbocycles. The zero-order valence-corrected chi connectivity index (χ0v) is 13.4. The maximum atomic E-state index is 12.1. The van der Waals surface area contributed by atoms with E-state index in [4.69, 9.17) is 5.26 Å². The fourth-order valence-electron chi connectivity index (χ4n) is 2.80. The van der Waals surface area contributed by atoms with Crippen molar-refractivity contribution in [1.29, 1.82) is 5.26 Å². The molecule has 0 saturated carbocycles. The summed E-state index contributed by atoms with van der Waals surface area (Å²) >= 11 is 0. The van der Waals surface area contributed by atoms with Crippen LogP contribution in [0.3, 0.4) is 0 Å². The van der Waals surface area contributed by atoms with Gasteiger partial charge in [0.2, 0.25) is 5.91 Å². The molecule has 3 rings (SSSR count). The van der Waals surface area contributed by atoms with Gasteiger partial charge in [-0.15, -0.1) is 0 Å². The van der Waals surface area contributed by atoms with Gasteiger partial charge in [-0.3, -0.25) is 9.69 Å². The summed E-state index contributed by atoms with van der Waals surface area (Å²) in [5.41, 5.74) is 3.91. The van der Waals surface area contributed by atoms with Crippen molar-refractivity contribution in [2.24, 2.45) is 0 Å². The zero-order chi connectivity index (χ0) is 16.8. The van der Waals surface area contributed by atoms with Crippen LogP contribution in [0.25, 0.3) is 5.57 Å². The Bertz CT molecular complexity index is 773. The van der Waals surface area contributed by atoms with E-state index < -0.39 is 0 Å².